The van der Waals surface area contributed by atoms with Gasteiger partial charge in [-0.3, -0.25) is 0 Å². The molecule has 1 N–H and O–H groups in total. The normalized spacial score (nSPS) is 13.9. The largest absolute Gasteiger partial charge is 1.00 e. The van der Waals surface area contributed by atoms with Crippen molar-refractivity contribution >= 4 is 10.1 Å². The summed E-state index contributed by atoms with van der Waals surface area (Å²) in [5.74, 6) is 0. The van der Waals surface area contributed by atoms with Crippen LogP contribution >= 0.6 is 0 Å². The van der Waals surface area contributed by atoms with Crippen molar-refractivity contribution in [2.75, 3.05) is 0 Å². The Labute approximate surface area is 191 Å². The Balaban J connectivity index is 0. The van der Waals surface area contributed by atoms with Crippen LogP contribution in [0.5, 0.6) is 0 Å². The van der Waals surface area contributed by atoms with Gasteiger partial charge in [-0.1, -0.05) is 97.3 Å². The number of hydrogen-bond donors (Lipinski definition) is 1. The number of aliphatic hydroxyl groups excluding tert-OH is 1. The molecule has 0 amide bonds. The van der Waals surface area contributed by atoms with E-state index in [4.69, 9.17) is 0 Å². The molecule has 2 atom stereocenters. The minimum absolute atomic E-state index is 0. The van der Waals surface area contributed by atoms with E-state index in [0.29, 0.717) is 12.8 Å². The molecule has 6 heteroatoms. The van der Waals surface area contributed by atoms with Gasteiger partial charge >= 0.3 is 29.6 Å². The van der Waals surface area contributed by atoms with Gasteiger partial charge < -0.3 is 9.66 Å². The summed E-state index contributed by atoms with van der Waals surface area (Å²) in [5.41, 5.74) is 0. The zero-order valence-electron chi connectivity index (χ0n) is 18.3. The monoisotopic (exact) mass is 414 g/mol. The Morgan fingerprint density at radius 1 is 0.667 bits per heavy atom. The van der Waals surface area contributed by atoms with Crippen LogP contribution in [-0.4, -0.2) is 29.4 Å². The minimum Gasteiger partial charge on any atom is -0.748 e. The first-order valence-electron chi connectivity index (χ1n) is 11.0. The molecule has 0 saturated carbocycles. The molecule has 27 heavy (non-hydrogen) atoms. The molecule has 4 nitrogen and oxygen atoms in total. The van der Waals surface area contributed by atoms with Gasteiger partial charge in [-0.05, 0) is 25.7 Å². The summed E-state index contributed by atoms with van der Waals surface area (Å²) in [6.07, 6.45) is 17.1. The van der Waals surface area contributed by atoms with Crippen molar-refractivity contribution in [3.8, 4) is 0 Å². The van der Waals surface area contributed by atoms with Crippen LogP contribution in [-0.2, 0) is 10.1 Å². The van der Waals surface area contributed by atoms with Gasteiger partial charge in [0.2, 0.25) is 0 Å². The molecule has 0 bridgehead atoms. The molecule has 0 aromatic rings. The van der Waals surface area contributed by atoms with Crippen LogP contribution in [0.2, 0.25) is 0 Å². The molecular formula is C21H43NaO4S. The van der Waals surface area contributed by atoms with Crippen LogP contribution in [0.15, 0.2) is 0 Å². The SMILES string of the molecule is CCCCCC(CCCCCCCCCCCC(O)CCC)S(=O)(=O)[O-].[Na+]. The van der Waals surface area contributed by atoms with Gasteiger partial charge in [0, 0.05) is 5.25 Å². The molecule has 0 heterocycles. The van der Waals surface area contributed by atoms with E-state index in [-0.39, 0.29) is 35.7 Å². The van der Waals surface area contributed by atoms with E-state index in [0.717, 1.165) is 64.2 Å². The average Bonchev–Trinajstić information content (AvgIpc) is 2.57. The summed E-state index contributed by atoms with van der Waals surface area (Å²) in [5, 5.41) is 9.00. The Bertz CT molecular complexity index is 401. The zero-order chi connectivity index (χ0) is 19.7. The second-order valence-electron chi connectivity index (χ2n) is 7.81. The molecule has 0 rings (SSSR count). The van der Waals surface area contributed by atoms with Crippen molar-refractivity contribution in [2.45, 2.75) is 134 Å². The number of aliphatic hydroxyl groups is 1. The second kappa shape index (κ2) is 20.2. The molecule has 0 aromatic carbocycles. The Morgan fingerprint density at radius 3 is 1.48 bits per heavy atom. The fraction of sp³-hybridized carbons (Fsp3) is 1.00. The summed E-state index contributed by atoms with van der Waals surface area (Å²) in [7, 11) is -4.13. The Morgan fingerprint density at radius 2 is 1.07 bits per heavy atom. The van der Waals surface area contributed by atoms with Crippen molar-refractivity contribution < 1.29 is 47.6 Å². The van der Waals surface area contributed by atoms with Crippen LogP contribution in [0, 0.1) is 0 Å². The van der Waals surface area contributed by atoms with Crippen molar-refractivity contribution in [2.24, 2.45) is 0 Å². The fourth-order valence-electron chi connectivity index (χ4n) is 3.52. The summed E-state index contributed by atoms with van der Waals surface area (Å²) >= 11 is 0. The fourth-order valence-corrected chi connectivity index (χ4v) is 4.43. The quantitative estimate of drug-likeness (QED) is 0.200. The van der Waals surface area contributed by atoms with Crippen molar-refractivity contribution in [3.05, 3.63) is 0 Å². The van der Waals surface area contributed by atoms with Gasteiger partial charge in [-0.15, -0.1) is 0 Å². The molecule has 0 saturated heterocycles. The van der Waals surface area contributed by atoms with E-state index < -0.39 is 15.4 Å². The maximum atomic E-state index is 11.3. The number of hydrogen-bond acceptors (Lipinski definition) is 4. The molecule has 0 fully saturated rings. The van der Waals surface area contributed by atoms with Gasteiger partial charge in [0.05, 0.1) is 16.2 Å². The predicted molar refractivity (Wildman–Crippen MR) is 109 cm³/mol. The molecule has 0 aliphatic rings. The van der Waals surface area contributed by atoms with E-state index in [9.17, 15) is 18.1 Å². The van der Waals surface area contributed by atoms with Gasteiger partial charge in [0.25, 0.3) is 0 Å². The maximum Gasteiger partial charge on any atom is 1.00 e. The molecule has 2 unspecified atom stereocenters. The van der Waals surface area contributed by atoms with Crippen molar-refractivity contribution in [3.63, 3.8) is 0 Å². The zero-order valence-corrected chi connectivity index (χ0v) is 21.1. The molecule has 158 valence electrons. The molecule has 0 aromatic heterocycles. The predicted octanol–water partition coefficient (Wildman–Crippen LogP) is 2.94. The standard InChI is InChI=1S/C21H44O4S.Na/c1-3-5-13-18-21(26(23,24)25)19-15-12-10-8-6-7-9-11-14-17-20(22)16-4-2;/h20-22H,3-19H2,1-2H3,(H,23,24,25);/q;+1/p-1. The van der Waals surface area contributed by atoms with E-state index in [1.54, 1.807) is 0 Å². The van der Waals surface area contributed by atoms with E-state index in [1.165, 1.54) is 32.1 Å². The first kappa shape index (κ1) is 30.1. The number of unbranched alkanes of at least 4 members (excludes halogenated alkanes) is 10. The molecule has 0 radical (unpaired) electrons. The first-order valence-corrected chi connectivity index (χ1v) is 12.5. The summed E-state index contributed by atoms with van der Waals surface area (Å²) in [6, 6.07) is 0. The molecule has 0 aliphatic carbocycles. The van der Waals surface area contributed by atoms with Crippen LogP contribution in [0.4, 0.5) is 0 Å². The maximum absolute atomic E-state index is 11.3. The third kappa shape index (κ3) is 19.9. The van der Waals surface area contributed by atoms with Crippen LogP contribution in [0.25, 0.3) is 0 Å². The number of rotatable bonds is 19. The molecular weight excluding hydrogens is 371 g/mol. The second-order valence-corrected chi connectivity index (χ2v) is 9.46. The van der Waals surface area contributed by atoms with Gasteiger partial charge in [0.15, 0.2) is 0 Å². The Hall–Kier alpha value is 0.870. The summed E-state index contributed by atoms with van der Waals surface area (Å²) < 4.78 is 34.0. The smallest absolute Gasteiger partial charge is 0.748 e. The average molecular weight is 415 g/mol. The minimum atomic E-state index is -4.13. The van der Waals surface area contributed by atoms with Gasteiger partial charge in [0.1, 0.15) is 0 Å². The third-order valence-corrected chi connectivity index (χ3v) is 6.51. The van der Waals surface area contributed by atoms with E-state index in [2.05, 4.69) is 13.8 Å². The Kier molecular flexibility index (Phi) is 22.4. The van der Waals surface area contributed by atoms with Gasteiger partial charge in [-0.25, -0.2) is 8.42 Å². The van der Waals surface area contributed by atoms with Crippen LogP contribution in [0.1, 0.15) is 123 Å². The third-order valence-electron chi connectivity index (χ3n) is 5.22. The molecule has 0 aliphatic heterocycles. The topological polar surface area (TPSA) is 77.4 Å². The first-order chi connectivity index (χ1) is 12.4. The van der Waals surface area contributed by atoms with Crippen molar-refractivity contribution in [1.82, 2.24) is 0 Å². The van der Waals surface area contributed by atoms with E-state index in [1.807, 2.05) is 0 Å². The van der Waals surface area contributed by atoms with E-state index >= 15 is 0 Å². The van der Waals surface area contributed by atoms with Crippen LogP contribution < -0.4 is 29.6 Å². The summed E-state index contributed by atoms with van der Waals surface area (Å²) in [6.45, 7) is 4.19. The van der Waals surface area contributed by atoms with Crippen LogP contribution in [0.3, 0.4) is 0 Å². The summed E-state index contributed by atoms with van der Waals surface area (Å²) in [4.78, 5) is 0. The van der Waals surface area contributed by atoms with Crippen molar-refractivity contribution in [1.29, 1.82) is 0 Å². The van der Waals surface area contributed by atoms with Gasteiger partial charge in [-0.2, -0.15) is 0 Å². The molecule has 0 spiro atoms.